The minimum absolute atomic E-state index is 0.0271. The fraction of sp³-hybridized carbons (Fsp3) is 0.462. The number of rotatable bonds is 5. The summed E-state index contributed by atoms with van der Waals surface area (Å²) < 4.78 is 0. The van der Waals surface area contributed by atoms with Crippen LogP contribution in [0.2, 0.25) is 0 Å². The molecule has 1 unspecified atom stereocenters. The summed E-state index contributed by atoms with van der Waals surface area (Å²) in [5.41, 5.74) is 1.96. The molecule has 0 spiro atoms. The predicted molar refractivity (Wildman–Crippen MR) is 74.7 cm³/mol. The van der Waals surface area contributed by atoms with Crippen molar-refractivity contribution in [1.29, 1.82) is 0 Å². The van der Waals surface area contributed by atoms with E-state index in [0.29, 0.717) is 0 Å². The SMILES string of the molecule is O=C(Nc1cccc(CCCO)c1)C1CSCN1. The molecule has 5 heteroatoms. The van der Waals surface area contributed by atoms with Crippen LogP contribution >= 0.6 is 11.8 Å². The molecule has 1 heterocycles. The van der Waals surface area contributed by atoms with Crippen LogP contribution in [-0.2, 0) is 11.2 Å². The van der Waals surface area contributed by atoms with E-state index >= 15 is 0 Å². The fourth-order valence-corrected chi connectivity index (χ4v) is 2.82. The van der Waals surface area contributed by atoms with Gasteiger partial charge in [-0.3, -0.25) is 10.1 Å². The number of carbonyl (C=O) groups is 1. The van der Waals surface area contributed by atoms with E-state index in [1.165, 1.54) is 0 Å². The van der Waals surface area contributed by atoms with Crippen LogP contribution in [0.3, 0.4) is 0 Å². The Bertz CT molecular complexity index is 406. The molecule has 0 bridgehead atoms. The normalized spacial score (nSPS) is 18.8. The highest BCUT2D eigenvalue weighted by atomic mass is 32.2. The largest absolute Gasteiger partial charge is 0.396 e. The van der Waals surface area contributed by atoms with Gasteiger partial charge in [-0.2, -0.15) is 0 Å². The number of thioether (sulfide) groups is 1. The fourth-order valence-electron chi connectivity index (χ4n) is 1.88. The molecule has 4 nitrogen and oxygen atoms in total. The zero-order chi connectivity index (χ0) is 12.8. The van der Waals surface area contributed by atoms with Gasteiger partial charge in [-0.25, -0.2) is 0 Å². The molecule has 18 heavy (non-hydrogen) atoms. The van der Waals surface area contributed by atoms with Crippen LogP contribution in [0, 0.1) is 0 Å². The summed E-state index contributed by atoms with van der Waals surface area (Å²) in [6, 6.07) is 7.71. The van der Waals surface area contributed by atoms with Crippen molar-refractivity contribution >= 4 is 23.4 Å². The molecule has 1 saturated heterocycles. The molecule has 1 atom stereocenters. The third-order valence-electron chi connectivity index (χ3n) is 2.85. The van der Waals surface area contributed by atoms with E-state index in [4.69, 9.17) is 5.11 Å². The van der Waals surface area contributed by atoms with Crippen molar-refractivity contribution in [1.82, 2.24) is 5.32 Å². The van der Waals surface area contributed by atoms with Gasteiger partial charge in [0.15, 0.2) is 0 Å². The summed E-state index contributed by atoms with van der Waals surface area (Å²) in [4.78, 5) is 11.9. The van der Waals surface area contributed by atoms with Gasteiger partial charge in [0, 0.05) is 23.9 Å². The Hall–Kier alpha value is -1.04. The van der Waals surface area contributed by atoms with E-state index < -0.39 is 0 Å². The van der Waals surface area contributed by atoms with Gasteiger partial charge in [0.1, 0.15) is 0 Å². The number of aryl methyl sites for hydroxylation is 1. The molecular formula is C13H18N2O2S. The standard InChI is InChI=1S/C13H18N2O2S/c16-6-2-4-10-3-1-5-11(7-10)15-13(17)12-8-18-9-14-12/h1,3,5,7,12,14,16H,2,4,6,8-9H2,(H,15,17). The maximum atomic E-state index is 11.9. The first-order chi connectivity index (χ1) is 8.79. The summed E-state index contributed by atoms with van der Waals surface area (Å²) in [5.74, 6) is 1.70. The Morgan fingerprint density at radius 3 is 3.17 bits per heavy atom. The Morgan fingerprint density at radius 2 is 2.44 bits per heavy atom. The van der Waals surface area contributed by atoms with Gasteiger partial charge in [0.25, 0.3) is 0 Å². The molecule has 2 rings (SSSR count). The number of hydrogen-bond acceptors (Lipinski definition) is 4. The molecule has 0 saturated carbocycles. The second kappa shape index (κ2) is 6.78. The topological polar surface area (TPSA) is 61.4 Å². The first-order valence-electron chi connectivity index (χ1n) is 6.11. The van der Waals surface area contributed by atoms with Gasteiger partial charge in [0.05, 0.1) is 6.04 Å². The monoisotopic (exact) mass is 266 g/mol. The zero-order valence-electron chi connectivity index (χ0n) is 10.2. The number of amides is 1. The summed E-state index contributed by atoms with van der Waals surface area (Å²) >= 11 is 1.74. The van der Waals surface area contributed by atoms with Crippen LogP contribution in [0.1, 0.15) is 12.0 Å². The second-order valence-electron chi connectivity index (χ2n) is 4.29. The summed E-state index contributed by atoms with van der Waals surface area (Å²) in [7, 11) is 0. The van der Waals surface area contributed by atoms with E-state index in [0.717, 1.165) is 35.7 Å². The lowest BCUT2D eigenvalue weighted by Gasteiger charge is -2.11. The molecule has 1 aliphatic rings. The number of aliphatic hydroxyl groups excluding tert-OH is 1. The highest BCUT2D eigenvalue weighted by molar-refractivity contribution is 7.99. The van der Waals surface area contributed by atoms with Crippen molar-refractivity contribution in [2.75, 3.05) is 23.6 Å². The third kappa shape index (κ3) is 3.73. The summed E-state index contributed by atoms with van der Waals surface area (Å²) in [6.07, 6.45) is 1.58. The van der Waals surface area contributed by atoms with Crippen LogP contribution in [0.15, 0.2) is 24.3 Å². The third-order valence-corrected chi connectivity index (χ3v) is 3.79. The van der Waals surface area contributed by atoms with Gasteiger partial charge >= 0.3 is 0 Å². The second-order valence-corrected chi connectivity index (χ2v) is 5.32. The molecule has 98 valence electrons. The van der Waals surface area contributed by atoms with Gasteiger partial charge in [0.2, 0.25) is 5.91 Å². The summed E-state index contributed by atoms with van der Waals surface area (Å²) in [6.45, 7) is 0.194. The minimum atomic E-state index is -0.0869. The lowest BCUT2D eigenvalue weighted by molar-refractivity contribution is -0.117. The average molecular weight is 266 g/mol. The molecule has 0 aromatic heterocycles. The van der Waals surface area contributed by atoms with E-state index in [1.54, 1.807) is 11.8 Å². The Labute approximate surface area is 111 Å². The van der Waals surface area contributed by atoms with Crippen LogP contribution < -0.4 is 10.6 Å². The molecular weight excluding hydrogens is 248 g/mol. The zero-order valence-corrected chi connectivity index (χ0v) is 11.0. The lowest BCUT2D eigenvalue weighted by Crippen LogP contribution is -2.37. The van der Waals surface area contributed by atoms with Crippen molar-refractivity contribution < 1.29 is 9.90 Å². The van der Waals surface area contributed by atoms with Crippen molar-refractivity contribution in [3.8, 4) is 0 Å². The number of anilines is 1. The van der Waals surface area contributed by atoms with Gasteiger partial charge in [-0.05, 0) is 30.5 Å². The van der Waals surface area contributed by atoms with Crippen molar-refractivity contribution in [2.24, 2.45) is 0 Å². The van der Waals surface area contributed by atoms with E-state index in [-0.39, 0.29) is 18.6 Å². The lowest BCUT2D eigenvalue weighted by atomic mass is 10.1. The molecule has 0 radical (unpaired) electrons. The van der Waals surface area contributed by atoms with E-state index in [1.807, 2.05) is 24.3 Å². The molecule has 1 amide bonds. The first-order valence-corrected chi connectivity index (χ1v) is 7.27. The van der Waals surface area contributed by atoms with Crippen LogP contribution in [-0.4, -0.2) is 35.3 Å². The number of hydrogen-bond donors (Lipinski definition) is 3. The molecule has 0 aliphatic carbocycles. The highest BCUT2D eigenvalue weighted by Gasteiger charge is 2.22. The maximum Gasteiger partial charge on any atom is 0.242 e. The molecule has 1 fully saturated rings. The average Bonchev–Trinajstić information content (AvgIpc) is 2.91. The Morgan fingerprint density at radius 1 is 1.56 bits per heavy atom. The summed E-state index contributed by atoms with van der Waals surface area (Å²) in [5, 5.41) is 14.9. The first kappa shape index (κ1) is 13.4. The van der Waals surface area contributed by atoms with E-state index in [9.17, 15) is 4.79 Å². The molecule has 1 aliphatic heterocycles. The Balaban J connectivity index is 1.93. The molecule has 1 aromatic rings. The van der Waals surface area contributed by atoms with Crippen LogP contribution in [0.5, 0.6) is 0 Å². The van der Waals surface area contributed by atoms with Crippen LogP contribution in [0.25, 0.3) is 0 Å². The number of carbonyl (C=O) groups excluding carboxylic acids is 1. The molecule has 3 N–H and O–H groups in total. The van der Waals surface area contributed by atoms with E-state index in [2.05, 4.69) is 10.6 Å². The van der Waals surface area contributed by atoms with Crippen molar-refractivity contribution in [3.63, 3.8) is 0 Å². The van der Waals surface area contributed by atoms with Crippen LogP contribution in [0.4, 0.5) is 5.69 Å². The molecule has 1 aromatic carbocycles. The highest BCUT2D eigenvalue weighted by Crippen LogP contribution is 2.15. The number of aliphatic hydroxyl groups is 1. The number of nitrogens with one attached hydrogen (secondary N) is 2. The van der Waals surface area contributed by atoms with Gasteiger partial charge in [-0.15, -0.1) is 11.8 Å². The predicted octanol–water partition coefficient (Wildman–Crippen LogP) is 1.21. The quantitative estimate of drug-likeness (QED) is 0.750. The maximum absolute atomic E-state index is 11.9. The van der Waals surface area contributed by atoms with Crippen molar-refractivity contribution in [2.45, 2.75) is 18.9 Å². The van der Waals surface area contributed by atoms with Gasteiger partial charge in [-0.1, -0.05) is 12.1 Å². The Kier molecular flexibility index (Phi) is 5.04. The smallest absolute Gasteiger partial charge is 0.242 e. The number of benzene rings is 1. The minimum Gasteiger partial charge on any atom is -0.396 e. The van der Waals surface area contributed by atoms with Gasteiger partial charge < -0.3 is 10.4 Å². The van der Waals surface area contributed by atoms with Crippen molar-refractivity contribution in [3.05, 3.63) is 29.8 Å².